The van der Waals surface area contributed by atoms with Gasteiger partial charge >= 0.3 is 0 Å². The number of carbonyl (C=O) groups excluding carboxylic acids is 1. The zero-order chi connectivity index (χ0) is 19.8. The molecule has 1 saturated heterocycles. The molecule has 4 rings (SSSR count). The number of fused-ring (bicyclic) bond motifs is 1. The second kappa shape index (κ2) is 7.75. The molecule has 1 amide bonds. The number of aliphatic hydroxyl groups is 3. The molecular weight excluding hydrogens is 404 g/mol. The molecule has 1 aromatic heterocycles. The molecule has 0 unspecified atom stereocenters. The Bertz CT molecular complexity index is 1010. The second-order valence-corrected chi connectivity index (χ2v) is 7.95. The number of hydrogen-bond acceptors (Lipinski definition) is 7. The van der Waals surface area contributed by atoms with Gasteiger partial charge in [0.05, 0.1) is 16.8 Å². The third kappa shape index (κ3) is 3.62. The maximum atomic E-state index is 12.5. The lowest BCUT2D eigenvalue weighted by atomic mass is 10.1. The standard InChI is InChI=1S/C19H17ClN2O5S/c20-10-2-4-11(5-3-10)21-18(26)9-1-6-14-12(7-9)22-19(28-14)17-16(25)15(24)13(8-23)27-17/h1-7,13,15-17,23-25H,8H2,(H,21,26)/t13-,15-,16-,17-/m1/s1. The minimum atomic E-state index is -1.18. The minimum absolute atomic E-state index is 0.285. The topological polar surface area (TPSA) is 112 Å². The lowest BCUT2D eigenvalue weighted by Crippen LogP contribution is -2.32. The summed E-state index contributed by atoms with van der Waals surface area (Å²) in [5.41, 5.74) is 1.64. The maximum Gasteiger partial charge on any atom is 0.255 e. The van der Waals surface area contributed by atoms with E-state index in [-0.39, 0.29) is 5.91 Å². The molecule has 0 aliphatic carbocycles. The summed E-state index contributed by atoms with van der Waals surface area (Å²) < 4.78 is 6.34. The van der Waals surface area contributed by atoms with Gasteiger partial charge in [0.15, 0.2) is 0 Å². The zero-order valence-electron chi connectivity index (χ0n) is 14.4. The number of rotatable bonds is 4. The summed E-state index contributed by atoms with van der Waals surface area (Å²) in [5, 5.41) is 33.2. The number of anilines is 1. The summed E-state index contributed by atoms with van der Waals surface area (Å²) in [6.07, 6.45) is -4.03. The smallest absolute Gasteiger partial charge is 0.255 e. The molecule has 0 radical (unpaired) electrons. The van der Waals surface area contributed by atoms with Gasteiger partial charge in [-0.3, -0.25) is 4.79 Å². The monoisotopic (exact) mass is 420 g/mol. The highest BCUT2D eigenvalue weighted by molar-refractivity contribution is 7.18. The van der Waals surface area contributed by atoms with Gasteiger partial charge in [0.1, 0.15) is 29.4 Å². The van der Waals surface area contributed by atoms with Crippen molar-refractivity contribution in [1.82, 2.24) is 4.98 Å². The summed E-state index contributed by atoms with van der Waals surface area (Å²) in [7, 11) is 0. The quantitative estimate of drug-likeness (QED) is 0.515. The van der Waals surface area contributed by atoms with Crippen LogP contribution < -0.4 is 5.32 Å². The number of aliphatic hydroxyl groups excluding tert-OH is 3. The van der Waals surface area contributed by atoms with Crippen molar-refractivity contribution in [1.29, 1.82) is 0 Å². The fourth-order valence-corrected chi connectivity index (χ4v) is 4.20. The van der Waals surface area contributed by atoms with Gasteiger partial charge < -0.3 is 25.4 Å². The third-order valence-electron chi connectivity index (χ3n) is 4.55. The van der Waals surface area contributed by atoms with Crippen molar-refractivity contribution in [2.24, 2.45) is 0 Å². The van der Waals surface area contributed by atoms with Crippen molar-refractivity contribution in [3.63, 3.8) is 0 Å². The number of hydrogen-bond donors (Lipinski definition) is 4. The van der Waals surface area contributed by atoms with Crippen LogP contribution in [0.25, 0.3) is 10.2 Å². The van der Waals surface area contributed by atoms with E-state index in [4.69, 9.17) is 16.3 Å². The van der Waals surface area contributed by atoms with Gasteiger partial charge in [-0.1, -0.05) is 11.6 Å². The van der Waals surface area contributed by atoms with E-state index >= 15 is 0 Å². The highest BCUT2D eigenvalue weighted by Crippen LogP contribution is 2.37. The molecule has 2 aromatic carbocycles. The van der Waals surface area contributed by atoms with E-state index in [0.717, 1.165) is 4.70 Å². The normalized spacial score (nSPS) is 24.6. The molecule has 0 saturated carbocycles. The summed E-state index contributed by atoms with van der Waals surface area (Å²) in [6, 6.07) is 11.9. The van der Waals surface area contributed by atoms with Gasteiger partial charge in [-0.25, -0.2) is 4.98 Å². The van der Waals surface area contributed by atoms with Gasteiger partial charge in [0.25, 0.3) is 5.91 Å². The summed E-state index contributed by atoms with van der Waals surface area (Å²) in [4.78, 5) is 16.9. The molecule has 1 fully saturated rings. The van der Waals surface area contributed by atoms with E-state index in [9.17, 15) is 20.1 Å². The number of aromatic nitrogens is 1. The number of benzene rings is 2. The van der Waals surface area contributed by atoms with Crippen LogP contribution in [0.5, 0.6) is 0 Å². The summed E-state index contributed by atoms with van der Waals surface area (Å²) >= 11 is 7.15. The van der Waals surface area contributed by atoms with Gasteiger partial charge in [0, 0.05) is 16.3 Å². The fraction of sp³-hybridized carbons (Fsp3) is 0.263. The van der Waals surface area contributed by atoms with Crippen molar-refractivity contribution in [3.05, 3.63) is 58.1 Å². The number of halogens is 1. The number of nitrogens with one attached hydrogen (secondary N) is 1. The Morgan fingerprint density at radius 2 is 1.93 bits per heavy atom. The predicted octanol–water partition coefficient (Wildman–Crippen LogP) is 2.36. The van der Waals surface area contributed by atoms with Crippen LogP contribution in [0.1, 0.15) is 21.5 Å². The first-order valence-corrected chi connectivity index (χ1v) is 9.75. The number of thiazole rings is 1. The molecule has 1 aliphatic rings. The van der Waals surface area contributed by atoms with Crippen LogP contribution in [0, 0.1) is 0 Å². The molecule has 7 nitrogen and oxygen atoms in total. The average Bonchev–Trinajstić information content (AvgIpc) is 3.24. The van der Waals surface area contributed by atoms with Crippen LogP contribution in [-0.4, -0.2) is 51.1 Å². The lowest BCUT2D eigenvalue weighted by Gasteiger charge is -2.11. The van der Waals surface area contributed by atoms with Gasteiger partial charge in [-0.2, -0.15) is 0 Å². The highest BCUT2D eigenvalue weighted by atomic mass is 35.5. The van der Waals surface area contributed by atoms with E-state index in [1.54, 1.807) is 42.5 Å². The van der Waals surface area contributed by atoms with E-state index in [1.807, 2.05) is 0 Å². The molecule has 146 valence electrons. The second-order valence-electron chi connectivity index (χ2n) is 6.45. The van der Waals surface area contributed by atoms with Crippen molar-refractivity contribution in [3.8, 4) is 0 Å². The van der Waals surface area contributed by atoms with E-state index in [2.05, 4.69) is 10.3 Å². The molecule has 0 spiro atoms. The average molecular weight is 421 g/mol. The largest absolute Gasteiger partial charge is 0.394 e. The molecule has 1 aliphatic heterocycles. The first kappa shape index (κ1) is 19.3. The summed E-state index contributed by atoms with van der Waals surface area (Å²) in [6.45, 7) is -0.394. The van der Waals surface area contributed by atoms with Crippen LogP contribution in [0.4, 0.5) is 5.69 Å². The Kier molecular flexibility index (Phi) is 5.33. The molecule has 0 bridgehead atoms. The van der Waals surface area contributed by atoms with Crippen molar-refractivity contribution in [2.45, 2.75) is 24.4 Å². The van der Waals surface area contributed by atoms with Crippen LogP contribution in [0.3, 0.4) is 0 Å². The third-order valence-corrected chi connectivity index (χ3v) is 5.90. The molecule has 4 atom stereocenters. The van der Waals surface area contributed by atoms with Crippen LogP contribution in [0.2, 0.25) is 5.02 Å². The fourth-order valence-electron chi connectivity index (χ4n) is 3.05. The van der Waals surface area contributed by atoms with Crippen LogP contribution >= 0.6 is 22.9 Å². The summed E-state index contributed by atoms with van der Waals surface area (Å²) in [5.74, 6) is -0.285. The minimum Gasteiger partial charge on any atom is -0.394 e. The Morgan fingerprint density at radius 1 is 1.18 bits per heavy atom. The van der Waals surface area contributed by atoms with Gasteiger partial charge in [-0.05, 0) is 42.5 Å². The Morgan fingerprint density at radius 3 is 2.61 bits per heavy atom. The Balaban J connectivity index is 1.56. The molecule has 9 heteroatoms. The first-order chi connectivity index (χ1) is 13.5. The highest BCUT2D eigenvalue weighted by Gasteiger charge is 2.44. The van der Waals surface area contributed by atoms with Crippen molar-refractivity contribution >= 4 is 44.7 Å². The van der Waals surface area contributed by atoms with Gasteiger partial charge in [0.2, 0.25) is 0 Å². The number of amides is 1. The number of carbonyl (C=O) groups is 1. The Labute approximate surface area is 169 Å². The molecule has 3 aromatic rings. The Hall–Kier alpha value is -2.07. The first-order valence-electron chi connectivity index (χ1n) is 8.56. The van der Waals surface area contributed by atoms with Gasteiger partial charge in [-0.15, -0.1) is 11.3 Å². The number of nitrogens with zero attached hydrogens (tertiary/aromatic N) is 1. The van der Waals surface area contributed by atoms with Crippen molar-refractivity contribution in [2.75, 3.05) is 11.9 Å². The molecular formula is C19H17ClN2O5S. The van der Waals surface area contributed by atoms with Crippen LogP contribution in [0.15, 0.2) is 42.5 Å². The molecule has 2 heterocycles. The molecule has 4 N–H and O–H groups in total. The SMILES string of the molecule is O=C(Nc1ccc(Cl)cc1)c1ccc2sc([C@@H]3O[C@H](CO)[C@@H](O)[C@H]3O)nc2c1. The van der Waals surface area contributed by atoms with Crippen molar-refractivity contribution < 1.29 is 24.9 Å². The van der Waals surface area contributed by atoms with Crippen LogP contribution in [-0.2, 0) is 4.74 Å². The van der Waals surface area contributed by atoms with E-state index in [1.165, 1.54) is 11.3 Å². The van der Waals surface area contributed by atoms with E-state index < -0.39 is 31.0 Å². The zero-order valence-corrected chi connectivity index (χ0v) is 16.0. The predicted molar refractivity (Wildman–Crippen MR) is 106 cm³/mol. The number of ether oxygens (including phenoxy) is 1. The van der Waals surface area contributed by atoms with E-state index in [0.29, 0.717) is 26.8 Å². The molecule has 28 heavy (non-hydrogen) atoms. The maximum absolute atomic E-state index is 12.5. The lowest BCUT2D eigenvalue weighted by molar-refractivity contribution is -0.0227.